The van der Waals surface area contributed by atoms with Gasteiger partial charge in [0.1, 0.15) is 0 Å². The standard InChI is InChI=1S/C15H17NO2S/c1-3-13-8-7-11-15(12-13)19(17,18)16(2)14-9-5-4-6-10-14/h4-12H,3H2,1-2H3. The zero-order valence-electron chi connectivity index (χ0n) is 11.1. The van der Waals surface area contributed by atoms with Crippen LogP contribution in [0.2, 0.25) is 0 Å². The normalized spacial score (nSPS) is 11.3. The quantitative estimate of drug-likeness (QED) is 0.860. The maximum Gasteiger partial charge on any atom is 0.264 e. The van der Waals surface area contributed by atoms with E-state index in [1.54, 1.807) is 37.4 Å². The van der Waals surface area contributed by atoms with Crippen molar-refractivity contribution in [3.05, 3.63) is 60.2 Å². The van der Waals surface area contributed by atoms with E-state index in [1.807, 2.05) is 31.2 Å². The summed E-state index contributed by atoms with van der Waals surface area (Å²) in [5.41, 5.74) is 1.67. The number of aryl methyl sites for hydroxylation is 1. The van der Waals surface area contributed by atoms with Crippen LogP contribution in [0.3, 0.4) is 0 Å². The highest BCUT2D eigenvalue weighted by molar-refractivity contribution is 7.92. The Hall–Kier alpha value is -1.81. The molecule has 0 amide bonds. The van der Waals surface area contributed by atoms with E-state index in [-0.39, 0.29) is 0 Å². The molecule has 0 fully saturated rings. The molecule has 3 nitrogen and oxygen atoms in total. The minimum absolute atomic E-state index is 0.332. The maximum absolute atomic E-state index is 12.5. The minimum Gasteiger partial charge on any atom is -0.269 e. The van der Waals surface area contributed by atoms with E-state index in [1.165, 1.54) is 4.31 Å². The Kier molecular flexibility index (Phi) is 3.90. The molecule has 0 aliphatic rings. The van der Waals surface area contributed by atoms with Gasteiger partial charge in [-0.3, -0.25) is 4.31 Å². The summed E-state index contributed by atoms with van der Waals surface area (Å²) in [4.78, 5) is 0.332. The molecular formula is C15H17NO2S. The lowest BCUT2D eigenvalue weighted by molar-refractivity contribution is 0.594. The Labute approximate surface area is 114 Å². The Morgan fingerprint density at radius 1 is 1.00 bits per heavy atom. The van der Waals surface area contributed by atoms with Crippen molar-refractivity contribution in [3.63, 3.8) is 0 Å². The zero-order chi connectivity index (χ0) is 13.9. The number of rotatable bonds is 4. The first kappa shape index (κ1) is 13.6. The maximum atomic E-state index is 12.5. The van der Waals surface area contributed by atoms with Gasteiger partial charge in [-0.2, -0.15) is 0 Å². The molecule has 0 aromatic heterocycles. The van der Waals surface area contributed by atoms with E-state index in [4.69, 9.17) is 0 Å². The van der Waals surface area contributed by atoms with Gasteiger partial charge < -0.3 is 0 Å². The van der Waals surface area contributed by atoms with E-state index < -0.39 is 10.0 Å². The van der Waals surface area contributed by atoms with Crippen LogP contribution in [0.4, 0.5) is 5.69 Å². The van der Waals surface area contributed by atoms with Gasteiger partial charge in [0.25, 0.3) is 10.0 Å². The molecule has 0 aliphatic carbocycles. The molecule has 0 unspecified atom stereocenters. The fourth-order valence-electron chi connectivity index (χ4n) is 1.86. The third kappa shape index (κ3) is 2.79. The molecule has 100 valence electrons. The van der Waals surface area contributed by atoms with E-state index in [9.17, 15) is 8.42 Å². The third-order valence-electron chi connectivity index (χ3n) is 3.08. The molecule has 0 heterocycles. The van der Waals surface area contributed by atoms with Gasteiger partial charge in [-0.15, -0.1) is 0 Å². The predicted molar refractivity (Wildman–Crippen MR) is 77.9 cm³/mol. The van der Waals surface area contributed by atoms with Gasteiger partial charge in [0, 0.05) is 7.05 Å². The third-order valence-corrected chi connectivity index (χ3v) is 4.87. The summed E-state index contributed by atoms with van der Waals surface area (Å²) < 4.78 is 26.4. The van der Waals surface area contributed by atoms with Gasteiger partial charge in [0.2, 0.25) is 0 Å². The molecule has 0 aliphatic heterocycles. The van der Waals surface area contributed by atoms with Crippen molar-refractivity contribution in [1.82, 2.24) is 0 Å². The zero-order valence-corrected chi connectivity index (χ0v) is 11.9. The first-order chi connectivity index (χ1) is 9.05. The van der Waals surface area contributed by atoms with E-state index in [2.05, 4.69) is 0 Å². The second-order valence-corrected chi connectivity index (χ2v) is 6.28. The number of hydrogen-bond acceptors (Lipinski definition) is 2. The first-order valence-corrected chi connectivity index (χ1v) is 7.62. The number of anilines is 1. The molecule has 19 heavy (non-hydrogen) atoms. The predicted octanol–water partition coefficient (Wildman–Crippen LogP) is 3.07. The Balaban J connectivity index is 2.42. The molecule has 0 bridgehead atoms. The van der Waals surface area contributed by atoms with Crippen LogP contribution in [-0.4, -0.2) is 15.5 Å². The molecule has 4 heteroatoms. The van der Waals surface area contributed by atoms with Crippen LogP contribution in [-0.2, 0) is 16.4 Å². The molecule has 0 N–H and O–H groups in total. The number of benzene rings is 2. The average Bonchev–Trinajstić information content (AvgIpc) is 2.47. The SMILES string of the molecule is CCc1cccc(S(=O)(=O)N(C)c2ccccc2)c1. The smallest absolute Gasteiger partial charge is 0.264 e. The van der Waals surface area contributed by atoms with E-state index >= 15 is 0 Å². The number of nitrogens with zero attached hydrogens (tertiary/aromatic N) is 1. The number of sulfonamides is 1. The first-order valence-electron chi connectivity index (χ1n) is 6.18. The molecule has 0 saturated carbocycles. The molecule has 0 radical (unpaired) electrons. The lowest BCUT2D eigenvalue weighted by atomic mass is 10.2. The van der Waals surface area contributed by atoms with Crippen molar-refractivity contribution in [2.45, 2.75) is 18.2 Å². The molecule has 0 spiro atoms. The van der Waals surface area contributed by atoms with Crippen LogP contribution in [0.25, 0.3) is 0 Å². The van der Waals surface area contributed by atoms with Gasteiger partial charge in [0.05, 0.1) is 10.6 Å². The molecule has 0 atom stereocenters. The number of hydrogen-bond donors (Lipinski definition) is 0. The van der Waals surface area contributed by atoms with Crippen molar-refractivity contribution in [1.29, 1.82) is 0 Å². The van der Waals surface area contributed by atoms with Crippen molar-refractivity contribution >= 4 is 15.7 Å². The Morgan fingerprint density at radius 2 is 1.68 bits per heavy atom. The van der Waals surface area contributed by atoms with Gasteiger partial charge in [-0.05, 0) is 36.2 Å². The van der Waals surface area contributed by atoms with Gasteiger partial charge in [-0.25, -0.2) is 8.42 Å². The number of para-hydroxylation sites is 1. The van der Waals surface area contributed by atoms with Crippen molar-refractivity contribution < 1.29 is 8.42 Å². The van der Waals surface area contributed by atoms with E-state index in [0.29, 0.717) is 10.6 Å². The van der Waals surface area contributed by atoms with E-state index in [0.717, 1.165) is 12.0 Å². The molecule has 2 aromatic rings. The van der Waals surface area contributed by atoms with Crippen LogP contribution in [0.15, 0.2) is 59.5 Å². The summed E-state index contributed by atoms with van der Waals surface area (Å²) >= 11 is 0. The van der Waals surface area contributed by atoms with Gasteiger partial charge in [-0.1, -0.05) is 37.3 Å². The van der Waals surface area contributed by atoms with Crippen molar-refractivity contribution in [2.75, 3.05) is 11.4 Å². The molecule has 2 aromatic carbocycles. The van der Waals surface area contributed by atoms with Crippen molar-refractivity contribution in [3.8, 4) is 0 Å². The summed E-state index contributed by atoms with van der Waals surface area (Å²) in [5, 5.41) is 0. The second kappa shape index (κ2) is 5.45. The highest BCUT2D eigenvalue weighted by atomic mass is 32.2. The summed E-state index contributed by atoms with van der Waals surface area (Å²) in [7, 11) is -1.92. The fourth-order valence-corrected chi connectivity index (χ4v) is 3.13. The van der Waals surface area contributed by atoms with Crippen molar-refractivity contribution in [2.24, 2.45) is 0 Å². The summed E-state index contributed by atoms with van der Waals surface area (Å²) in [6.07, 6.45) is 0.818. The summed E-state index contributed by atoms with van der Waals surface area (Å²) in [5.74, 6) is 0. The van der Waals surface area contributed by atoms with Crippen LogP contribution in [0.5, 0.6) is 0 Å². The highest BCUT2D eigenvalue weighted by Gasteiger charge is 2.21. The van der Waals surface area contributed by atoms with Crippen LogP contribution in [0.1, 0.15) is 12.5 Å². The second-order valence-electron chi connectivity index (χ2n) is 4.31. The van der Waals surface area contributed by atoms with Gasteiger partial charge in [0.15, 0.2) is 0 Å². The summed E-state index contributed by atoms with van der Waals surface area (Å²) in [6, 6.07) is 16.1. The van der Waals surface area contributed by atoms with Crippen LogP contribution in [0, 0.1) is 0 Å². The topological polar surface area (TPSA) is 37.4 Å². The molecular weight excluding hydrogens is 258 g/mol. The largest absolute Gasteiger partial charge is 0.269 e. The Bertz CT molecular complexity index is 651. The van der Waals surface area contributed by atoms with Gasteiger partial charge >= 0.3 is 0 Å². The fraction of sp³-hybridized carbons (Fsp3) is 0.200. The molecule has 2 rings (SSSR count). The lowest BCUT2D eigenvalue weighted by Crippen LogP contribution is -2.26. The average molecular weight is 275 g/mol. The minimum atomic E-state index is -3.49. The monoisotopic (exact) mass is 275 g/mol. The van der Waals surface area contributed by atoms with Crippen LogP contribution >= 0.6 is 0 Å². The summed E-state index contributed by atoms with van der Waals surface area (Å²) in [6.45, 7) is 2.01. The highest BCUT2D eigenvalue weighted by Crippen LogP contribution is 2.22. The Morgan fingerprint density at radius 3 is 2.32 bits per heavy atom. The lowest BCUT2D eigenvalue weighted by Gasteiger charge is -2.19. The molecule has 0 saturated heterocycles. The van der Waals surface area contributed by atoms with Crippen LogP contribution < -0.4 is 4.31 Å².